The van der Waals surface area contributed by atoms with Crippen LogP contribution in [0.5, 0.6) is 0 Å². The Morgan fingerprint density at radius 2 is 2.53 bits per heavy atom. The Morgan fingerprint density at radius 1 is 1.67 bits per heavy atom. The van der Waals surface area contributed by atoms with E-state index in [1.807, 2.05) is 0 Å². The molecule has 6 heteroatoms. The van der Waals surface area contributed by atoms with Crippen molar-refractivity contribution in [2.75, 3.05) is 11.9 Å². The average molecular weight is 206 g/mol. The lowest BCUT2D eigenvalue weighted by atomic mass is 10.5. The van der Waals surface area contributed by atoms with Gasteiger partial charge >= 0.3 is 6.09 Å². The summed E-state index contributed by atoms with van der Waals surface area (Å²) in [4.78, 5) is 15.2. The summed E-state index contributed by atoms with van der Waals surface area (Å²) in [5.74, 6) is 0. The standard InChI is InChI=1S/C9H10N4O2/c1-2-15-9(14)12-7-5-10-8-3-4-11-13(8)6-7/h3-6H,2H2,1H3,(H,12,14). The summed E-state index contributed by atoms with van der Waals surface area (Å²) in [7, 11) is 0. The molecule has 6 nitrogen and oxygen atoms in total. The summed E-state index contributed by atoms with van der Waals surface area (Å²) in [5, 5.41) is 6.53. The zero-order valence-electron chi connectivity index (χ0n) is 8.17. The van der Waals surface area contributed by atoms with Crippen LogP contribution < -0.4 is 5.32 Å². The first-order valence-corrected chi connectivity index (χ1v) is 4.53. The van der Waals surface area contributed by atoms with Crippen molar-refractivity contribution in [3.8, 4) is 0 Å². The number of carbonyl (C=O) groups is 1. The molecule has 0 aromatic carbocycles. The van der Waals surface area contributed by atoms with Crippen molar-refractivity contribution in [3.63, 3.8) is 0 Å². The first-order valence-electron chi connectivity index (χ1n) is 4.53. The van der Waals surface area contributed by atoms with E-state index in [1.165, 1.54) is 0 Å². The number of hydrogen-bond acceptors (Lipinski definition) is 4. The van der Waals surface area contributed by atoms with Crippen LogP contribution >= 0.6 is 0 Å². The van der Waals surface area contributed by atoms with Crippen molar-refractivity contribution in [3.05, 3.63) is 24.7 Å². The second-order valence-corrected chi connectivity index (χ2v) is 2.82. The van der Waals surface area contributed by atoms with E-state index in [9.17, 15) is 4.79 Å². The Bertz CT molecular complexity index is 480. The molecule has 2 aromatic heterocycles. The van der Waals surface area contributed by atoms with Gasteiger partial charge in [-0.25, -0.2) is 14.3 Å². The van der Waals surface area contributed by atoms with E-state index in [1.54, 1.807) is 36.1 Å². The Hall–Kier alpha value is -2.11. The third-order valence-electron chi connectivity index (χ3n) is 1.77. The van der Waals surface area contributed by atoms with E-state index < -0.39 is 6.09 Å². The molecular weight excluding hydrogens is 196 g/mol. The van der Waals surface area contributed by atoms with E-state index in [4.69, 9.17) is 4.74 Å². The molecule has 1 amide bonds. The van der Waals surface area contributed by atoms with Crippen LogP contribution in [0.3, 0.4) is 0 Å². The minimum atomic E-state index is -0.495. The molecule has 2 rings (SSSR count). The molecule has 15 heavy (non-hydrogen) atoms. The van der Waals surface area contributed by atoms with Gasteiger partial charge in [0.1, 0.15) is 0 Å². The average Bonchev–Trinajstić information content (AvgIpc) is 2.65. The van der Waals surface area contributed by atoms with Crippen LogP contribution in [0.1, 0.15) is 6.92 Å². The molecule has 0 saturated heterocycles. The topological polar surface area (TPSA) is 68.5 Å². The minimum absolute atomic E-state index is 0.337. The smallest absolute Gasteiger partial charge is 0.411 e. The van der Waals surface area contributed by atoms with Gasteiger partial charge in [-0.3, -0.25) is 5.32 Å². The number of amides is 1. The van der Waals surface area contributed by atoms with Crippen molar-refractivity contribution < 1.29 is 9.53 Å². The molecule has 0 fully saturated rings. The van der Waals surface area contributed by atoms with E-state index in [-0.39, 0.29) is 0 Å². The third kappa shape index (κ3) is 2.04. The summed E-state index contributed by atoms with van der Waals surface area (Å²) in [5.41, 5.74) is 1.27. The van der Waals surface area contributed by atoms with Crippen LogP contribution in [0.25, 0.3) is 5.65 Å². The van der Waals surface area contributed by atoms with Gasteiger partial charge in [0.15, 0.2) is 5.65 Å². The molecule has 0 aliphatic carbocycles. The van der Waals surface area contributed by atoms with Crippen LogP contribution in [-0.2, 0) is 4.74 Å². The van der Waals surface area contributed by atoms with E-state index in [0.717, 1.165) is 5.65 Å². The fraction of sp³-hybridized carbons (Fsp3) is 0.222. The van der Waals surface area contributed by atoms with Crippen LogP contribution in [-0.4, -0.2) is 27.3 Å². The van der Waals surface area contributed by atoms with Crippen LogP contribution in [0.4, 0.5) is 10.5 Å². The van der Waals surface area contributed by atoms with Crippen molar-refractivity contribution in [1.82, 2.24) is 14.6 Å². The molecule has 1 N–H and O–H groups in total. The third-order valence-corrected chi connectivity index (χ3v) is 1.77. The number of hydrogen-bond donors (Lipinski definition) is 1. The van der Waals surface area contributed by atoms with E-state index in [2.05, 4.69) is 15.4 Å². The lowest BCUT2D eigenvalue weighted by molar-refractivity contribution is 0.168. The highest BCUT2D eigenvalue weighted by Crippen LogP contribution is 2.06. The zero-order chi connectivity index (χ0) is 10.7. The quantitative estimate of drug-likeness (QED) is 0.804. The molecule has 2 aromatic rings. The molecule has 78 valence electrons. The fourth-order valence-corrected chi connectivity index (χ4v) is 1.16. The lowest BCUT2D eigenvalue weighted by Crippen LogP contribution is -2.13. The molecule has 0 saturated carbocycles. The van der Waals surface area contributed by atoms with Crippen molar-refractivity contribution in [2.45, 2.75) is 6.92 Å². The largest absolute Gasteiger partial charge is 0.450 e. The molecular formula is C9H10N4O2. The van der Waals surface area contributed by atoms with Gasteiger partial charge in [0, 0.05) is 6.07 Å². The van der Waals surface area contributed by atoms with Gasteiger partial charge in [0.05, 0.1) is 30.9 Å². The second kappa shape index (κ2) is 3.95. The normalized spacial score (nSPS) is 10.2. The highest BCUT2D eigenvalue weighted by molar-refractivity contribution is 5.84. The van der Waals surface area contributed by atoms with Gasteiger partial charge in [-0.2, -0.15) is 5.10 Å². The maximum Gasteiger partial charge on any atom is 0.411 e. The van der Waals surface area contributed by atoms with Crippen molar-refractivity contribution >= 4 is 17.4 Å². The van der Waals surface area contributed by atoms with Crippen LogP contribution in [0.2, 0.25) is 0 Å². The number of nitrogens with one attached hydrogen (secondary N) is 1. The predicted molar refractivity (Wildman–Crippen MR) is 53.6 cm³/mol. The SMILES string of the molecule is CCOC(=O)Nc1cnc2ccnn2c1. The summed E-state index contributed by atoms with van der Waals surface area (Å²) >= 11 is 0. The Kier molecular flexibility index (Phi) is 2.49. The van der Waals surface area contributed by atoms with Crippen LogP contribution in [0.15, 0.2) is 24.7 Å². The number of rotatable bonds is 2. The summed E-state index contributed by atoms with van der Waals surface area (Å²) in [6, 6.07) is 1.77. The molecule has 0 aliphatic heterocycles. The van der Waals surface area contributed by atoms with E-state index >= 15 is 0 Å². The molecule has 2 heterocycles. The minimum Gasteiger partial charge on any atom is -0.450 e. The number of carbonyl (C=O) groups excluding carboxylic acids is 1. The number of aromatic nitrogens is 3. The Labute approximate surface area is 85.9 Å². The second-order valence-electron chi connectivity index (χ2n) is 2.82. The first-order chi connectivity index (χ1) is 7.29. The van der Waals surface area contributed by atoms with Gasteiger partial charge in [0.2, 0.25) is 0 Å². The lowest BCUT2D eigenvalue weighted by Gasteiger charge is -2.04. The fourth-order valence-electron chi connectivity index (χ4n) is 1.16. The van der Waals surface area contributed by atoms with Crippen molar-refractivity contribution in [2.24, 2.45) is 0 Å². The Morgan fingerprint density at radius 3 is 3.33 bits per heavy atom. The maximum atomic E-state index is 11.1. The highest BCUT2D eigenvalue weighted by atomic mass is 16.5. The molecule has 0 aliphatic rings. The predicted octanol–water partition coefficient (Wildman–Crippen LogP) is 1.30. The summed E-state index contributed by atoms with van der Waals surface area (Å²) in [6.45, 7) is 2.08. The highest BCUT2D eigenvalue weighted by Gasteiger charge is 2.03. The molecule has 0 spiro atoms. The van der Waals surface area contributed by atoms with Gasteiger partial charge in [-0.05, 0) is 6.92 Å². The van der Waals surface area contributed by atoms with Gasteiger partial charge in [-0.15, -0.1) is 0 Å². The maximum absolute atomic E-state index is 11.1. The van der Waals surface area contributed by atoms with Crippen molar-refractivity contribution in [1.29, 1.82) is 0 Å². The zero-order valence-corrected chi connectivity index (χ0v) is 8.17. The van der Waals surface area contributed by atoms with Gasteiger partial charge in [-0.1, -0.05) is 0 Å². The molecule has 0 atom stereocenters. The summed E-state index contributed by atoms with van der Waals surface area (Å²) in [6.07, 6.45) is 4.36. The Balaban J connectivity index is 2.17. The number of nitrogens with zero attached hydrogens (tertiary/aromatic N) is 3. The van der Waals surface area contributed by atoms with E-state index in [0.29, 0.717) is 12.3 Å². The number of anilines is 1. The van der Waals surface area contributed by atoms with Crippen LogP contribution in [0, 0.1) is 0 Å². The first kappa shape index (κ1) is 9.45. The number of ether oxygens (including phenoxy) is 1. The molecule has 0 bridgehead atoms. The molecule has 0 unspecified atom stereocenters. The van der Waals surface area contributed by atoms with Gasteiger partial charge in [0.25, 0.3) is 0 Å². The monoisotopic (exact) mass is 206 g/mol. The molecule has 0 radical (unpaired) electrons. The summed E-state index contributed by atoms with van der Waals surface area (Å²) < 4.78 is 6.30. The van der Waals surface area contributed by atoms with Gasteiger partial charge < -0.3 is 4.74 Å². The number of fused-ring (bicyclic) bond motifs is 1.